The maximum Gasteiger partial charge on any atom is 0.320 e. The molecule has 196 valence electrons. The van der Waals surface area contributed by atoms with Crippen LogP contribution in [-0.2, 0) is 0 Å². The van der Waals surface area contributed by atoms with Crippen molar-refractivity contribution in [3.63, 3.8) is 0 Å². The van der Waals surface area contributed by atoms with Crippen molar-refractivity contribution in [2.45, 2.75) is 38.3 Å². The Morgan fingerprint density at radius 3 is 2.62 bits per heavy atom. The van der Waals surface area contributed by atoms with Crippen LogP contribution in [0.2, 0.25) is 5.15 Å². The van der Waals surface area contributed by atoms with Gasteiger partial charge in [-0.25, -0.2) is 19.7 Å². The molecule has 8 N–H and O–H groups in total. The van der Waals surface area contributed by atoms with E-state index >= 15 is 0 Å². The molecular weight excluding hydrogens is 502 g/mol. The third kappa shape index (κ3) is 5.97. The summed E-state index contributed by atoms with van der Waals surface area (Å²) in [6, 6.07) is 2.74. The number of piperidine rings is 1. The number of carbonyl (C=O) groups is 3. The SMILES string of the molecule is CC(C)NC(=O)Nc1cc(C(=O)N2CCC3(CC2)CN/C(=N\C(=O)c2nc(Cl)c(N)nc2N)N3)ccn1. The van der Waals surface area contributed by atoms with E-state index in [4.69, 9.17) is 23.1 Å². The Hall–Kier alpha value is -4.20. The second-order valence-electron chi connectivity index (χ2n) is 9.13. The molecule has 4 amide bonds. The van der Waals surface area contributed by atoms with Crippen LogP contribution in [0, 0.1) is 0 Å². The Labute approximate surface area is 217 Å². The van der Waals surface area contributed by atoms with E-state index in [1.165, 1.54) is 6.20 Å². The first-order valence-corrected chi connectivity index (χ1v) is 12.0. The molecule has 2 aromatic rings. The molecular formula is C22H28ClN11O3. The maximum absolute atomic E-state index is 13.1. The predicted octanol–water partition coefficient (Wildman–Crippen LogP) is 0.583. The van der Waals surface area contributed by atoms with Gasteiger partial charge >= 0.3 is 11.9 Å². The van der Waals surface area contributed by atoms with Crippen molar-refractivity contribution < 1.29 is 14.4 Å². The molecule has 0 aromatic carbocycles. The maximum atomic E-state index is 13.1. The zero-order valence-electron chi connectivity index (χ0n) is 20.3. The van der Waals surface area contributed by atoms with Crippen LogP contribution < -0.4 is 32.7 Å². The van der Waals surface area contributed by atoms with Gasteiger partial charge in [-0.3, -0.25) is 14.9 Å². The lowest BCUT2D eigenvalue weighted by molar-refractivity contribution is 0.0669. The molecule has 2 aliphatic rings. The van der Waals surface area contributed by atoms with Gasteiger partial charge in [-0.15, -0.1) is 0 Å². The number of likely N-dealkylation sites (tertiary alicyclic amines) is 1. The molecule has 14 nitrogen and oxygen atoms in total. The number of hydrogen-bond donors (Lipinski definition) is 6. The first-order valence-electron chi connectivity index (χ1n) is 11.6. The molecule has 0 bridgehead atoms. The number of nitrogen functional groups attached to an aromatic ring is 2. The van der Waals surface area contributed by atoms with Gasteiger partial charge in [0.1, 0.15) is 5.82 Å². The fourth-order valence-electron chi connectivity index (χ4n) is 4.08. The third-order valence-electron chi connectivity index (χ3n) is 5.97. The average Bonchev–Trinajstić information content (AvgIpc) is 3.22. The summed E-state index contributed by atoms with van der Waals surface area (Å²) in [6.45, 7) is 5.19. The van der Waals surface area contributed by atoms with E-state index in [0.717, 1.165) is 0 Å². The zero-order valence-corrected chi connectivity index (χ0v) is 21.1. The minimum Gasteiger partial charge on any atom is -0.382 e. The Morgan fingerprint density at radius 1 is 1.19 bits per heavy atom. The third-order valence-corrected chi connectivity index (χ3v) is 6.25. The molecule has 2 saturated heterocycles. The van der Waals surface area contributed by atoms with Crippen molar-refractivity contribution in [1.82, 2.24) is 35.8 Å². The number of amides is 4. The van der Waals surface area contributed by atoms with Crippen LogP contribution in [0.15, 0.2) is 23.3 Å². The number of guanidine groups is 1. The lowest BCUT2D eigenvalue weighted by Gasteiger charge is -2.38. The van der Waals surface area contributed by atoms with Crippen molar-refractivity contribution >= 4 is 52.9 Å². The molecule has 4 heterocycles. The second kappa shape index (κ2) is 10.4. The monoisotopic (exact) mass is 529 g/mol. The molecule has 2 fully saturated rings. The Bertz CT molecular complexity index is 1260. The van der Waals surface area contributed by atoms with Gasteiger partial charge in [-0.1, -0.05) is 11.6 Å². The predicted molar refractivity (Wildman–Crippen MR) is 138 cm³/mol. The summed E-state index contributed by atoms with van der Waals surface area (Å²) in [4.78, 5) is 55.1. The summed E-state index contributed by atoms with van der Waals surface area (Å²) >= 11 is 5.85. The van der Waals surface area contributed by atoms with Crippen LogP contribution in [0.4, 0.5) is 22.2 Å². The Balaban J connectivity index is 1.36. The van der Waals surface area contributed by atoms with Gasteiger partial charge in [0.25, 0.3) is 5.91 Å². The molecule has 2 aromatic heterocycles. The number of hydrogen-bond acceptors (Lipinski definition) is 8. The molecule has 2 aliphatic heterocycles. The first-order chi connectivity index (χ1) is 17.5. The van der Waals surface area contributed by atoms with Crippen molar-refractivity contribution in [3.05, 3.63) is 34.7 Å². The molecule has 0 aliphatic carbocycles. The molecule has 15 heteroatoms. The van der Waals surface area contributed by atoms with Crippen LogP contribution in [0.25, 0.3) is 0 Å². The standard InChI is InChI=1S/C22H28ClN11O3/c1-11(2)28-21(37)29-13-9-12(3-6-26-13)19(36)34-7-4-22(5-8-34)10-27-20(33-22)32-18(35)14-16(24)31-17(25)15(23)30-14/h3,6,9,11H,4-5,7-8,10H2,1-2H3,(H4,24,25,31)(H2,26,28,29,37)(H2,27,32,33,35). The number of rotatable bonds is 4. The van der Waals surface area contributed by atoms with Crippen LogP contribution in [-0.4, -0.2) is 74.9 Å². The number of nitrogens with one attached hydrogen (secondary N) is 4. The summed E-state index contributed by atoms with van der Waals surface area (Å²) in [7, 11) is 0. The van der Waals surface area contributed by atoms with Crippen LogP contribution in [0.5, 0.6) is 0 Å². The minimum absolute atomic E-state index is 0.0316. The fourth-order valence-corrected chi connectivity index (χ4v) is 4.21. The zero-order chi connectivity index (χ0) is 26.7. The van der Waals surface area contributed by atoms with E-state index in [0.29, 0.717) is 38.0 Å². The Morgan fingerprint density at radius 2 is 1.92 bits per heavy atom. The van der Waals surface area contributed by atoms with E-state index < -0.39 is 11.9 Å². The van der Waals surface area contributed by atoms with Crippen molar-refractivity contribution in [2.75, 3.05) is 36.4 Å². The smallest absolute Gasteiger partial charge is 0.320 e. The molecule has 0 radical (unpaired) electrons. The minimum atomic E-state index is -0.712. The molecule has 1 spiro atoms. The number of aromatic nitrogens is 3. The number of pyridine rings is 1. The van der Waals surface area contributed by atoms with Gasteiger partial charge in [0.05, 0.1) is 5.54 Å². The van der Waals surface area contributed by atoms with Crippen LogP contribution in [0.3, 0.4) is 0 Å². The van der Waals surface area contributed by atoms with Crippen molar-refractivity contribution in [2.24, 2.45) is 4.99 Å². The number of urea groups is 1. The highest BCUT2D eigenvalue weighted by molar-refractivity contribution is 6.31. The van der Waals surface area contributed by atoms with E-state index in [1.807, 2.05) is 13.8 Å². The number of halogens is 1. The number of anilines is 3. The van der Waals surface area contributed by atoms with E-state index in [-0.39, 0.29) is 51.7 Å². The van der Waals surface area contributed by atoms with E-state index in [1.54, 1.807) is 17.0 Å². The normalized spacial score (nSPS) is 17.4. The highest BCUT2D eigenvalue weighted by Crippen LogP contribution is 2.26. The molecule has 4 rings (SSSR count). The lowest BCUT2D eigenvalue weighted by Crippen LogP contribution is -2.53. The molecule has 0 saturated carbocycles. The number of carbonyl (C=O) groups excluding carboxylic acids is 3. The van der Waals surface area contributed by atoms with Gasteiger partial charge in [0.15, 0.2) is 28.4 Å². The number of aliphatic imine (C=N–C) groups is 1. The summed E-state index contributed by atoms with van der Waals surface area (Å²) in [6.07, 6.45) is 2.74. The molecule has 37 heavy (non-hydrogen) atoms. The van der Waals surface area contributed by atoms with Gasteiger partial charge in [0, 0.05) is 37.4 Å². The average molecular weight is 530 g/mol. The molecule has 0 atom stereocenters. The van der Waals surface area contributed by atoms with Gasteiger partial charge in [-0.05, 0) is 38.8 Å². The van der Waals surface area contributed by atoms with E-state index in [9.17, 15) is 14.4 Å². The van der Waals surface area contributed by atoms with Crippen LogP contribution in [0.1, 0.15) is 47.5 Å². The Kier molecular flexibility index (Phi) is 7.29. The summed E-state index contributed by atoms with van der Waals surface area (Å²) in [5.41, 5.74) is 11.2. The fraction of sp³-hybridized carbons (Fsp3) is 0.409. The van der Waals surface area contributed by atoms with Gasteiger partial charge < -0.3 is 32.3 Å². The molecule has 0 unspecified atom stereocenters. The van der Waals surface area contributed by atoms with Gasteiger partial charge in [-0.2, -0.15) is 4.99 Å². The van der Waals surface area contributed by atoms with Crippen molar-refractivity contribution in [3.8, 4) is 0 Å². The van der Waals surface area contributed by atoms with E-state index in [2.05, 4.69) is 41.2 Å². The van der Waals surface area contributed by atoms with Gasteiger partial charge in [0.2, 0.25) is 0 Å². The second-order valence-corrected chi connectivity index (χ2v) is 9.49. The summed E-state index contributed by atoms with van der Waals surface area (Å²) in [5.74, 6) is -0.534. The number of nitrogens with two attached hydrogens (primary N) is 2. The lowest BCUT2D eigenvalue weighted by atomic mass is 9.88. The quantitative estimate of drug-likeness (QED) is 0.325. The summed E-state index contributed by atoms with van der Waals surface area (Å²) in [5, 5.41) is 11.6. The van der Waals surface area contributed by atoms with Crippen molar-refractivity contribution in [1.29, 1.82) is 0 Å². The number of nitrogens with zero attached hydrogens (tertiary/aromatic N) is 5. The first kappa shape index (κ1) is 25.9. The highest BCUT2D eigenvalue weighted by Gasteiger charge is 2.41. The largest absolute Gasteiger partial charge is 0.382 e. The summed E-state index contributed by atoms with van der Waals surface area (Å²) < 4.78 is 0. The highest BCUT2D eigenvalue weighted by atomic mass is 35.5. The van der Waals surface area contributed by atoms with Crippen LogP contribution >= 0.6 is 11.6 Å². The topological polar surface area (TPSA) is 206 Å².